The van der Waals surface area contributed by atoms with E-state index in [0.29, 0.717) is 23.4 Å². The molecule has 146 valence electrons. The molecule has 4 aromatic rings. The molecule has 0 saturated carbocycles. The van der Waals surface area contributed by atoms with Gasteiger partial charge in [0, 0.05) is 11.9 Å². The van der Waals surface area contributed by atoms with Gasteiger partial charge in [-0.05, 0) is 41.5 Å². The lowest BCUT2D eigenvalue weighted by Gasteiger charge is -2.10. The topological polar surface area (TPSA) is 71.3 Å². The number of carbonyl (C=O) groups excluding carboxylic acids is 2. The quantitative estimate of drug-likeness (QED) is 0.438. The maximum absolute atomic E-state index is 12.8. The first-order chi connectivity index (χ1) is 14.2. The number of anilines is 1. The molecule has 29 heavy (non-hydrogen) atoms. The number of unbranched alkanes of at least 4 members (excludes halogenated alkanes) is 1. The van der Waals surface area contributed by atoms with Crippen LogP contribution in [0.3, 0.4) is 0 Å². The molecular formula is C24H22N2O3. The van der Waals surface area contributed by atoms with E-state index in [1.165, 1.54) is 0 Å². The van der Waals surface area contributed by atoms with Crippen LogP contribution in [0.25, 0.3) is 21.7 Å². The average Bonchev–Trinajstić information content (AvgIpc) is 3.19. The molecule has 4 rings (SSSR count). The number of carbonyl (C=O) groups is 2. The van der Waals surface area contributed by atoms with Crippen LogP contribution in [-0.2, 0) is 0 Å². The number of benzene rings is 3. The van der Waals surface area contributed by atoms with E-state index in [1.54, 1.807) is 30.3 Å². The van der Waals surface area contributed by atoms with Gasteiger partial charge in [0.2, 0.25) is 0 Å². The Bertz CT molecular complexity index is 1190. The molecule has 3 aromatic carbocycles. The van der Waals surface area contributed by atoms with Crippen molar-refractivity contribution in [2.45, 2.75) is 19.8 Å². The van der Waals surface area contributed by atoms with E-state index in [2.05, 4.69) is 17.6 Å². The number of nitrogens with one attached hydrogen (secondary N) is 2. The van der Waals surface area contributed by atoms with Crippen LogP contribution in [0.15, 0.2) is 71.1 Å². The number of amides is 2. The summed E-state index contributed by atoms with van der Waals surface area (Å²) in [5.74, 6) is -0.387. The van der Waals surface area contributed by atoms with E-state index >= 15 is 0 Å². The van der Waals surface area contributed by atoms with Gasteiger partial charge in [-0.1, -0.05) is 55.8 Å². The minimum absolute atomic E-state index is 0.204. The third kappa shape index (κ3) is 3.85. The van der Waals surface area contributed by atoms with Crippen molar-refractivity contribution < 1.29 is 14.0 Å². The van der Waals surface area contributed by atoms with Crippen molar-refractivity contribution in [2.24, 2.45) is 0 Å². The zero-order valence-corrected chi connectivity index (χ0v) is 16.2. The highest BCUT2D eigenvalue weighted by Crippen LogP contribution is 2.28. The van der Waals surface area contributed by atoms with Gasteiger partial charge in [0.25, 0.3) is 11.8 Å². The van der Waals surface area contributed by atoms with Gasteiger partial charge in [0.1, 0.15) is 5.58 Å². The van der Waals surface area contributed by atoms with Crippen molar-refractivity contribution in [2.75, 3.05) is 11.9 Å². The first kappa shape index (κ1) is 18.7. The maximum Gasteiger partial charge on any atom is 0.291 e. The minimum atomic E-state index is -0.390. The van der Waals surface area contributed by atoms with Gasteiger partial charge in [-0.3, -0.25) is 9.59 Å². The molecule has 1 aromatic heterocycles. The second-order valence-corrected chi connectivity index (χ2v) is 6.92. The summed E-state index contributed by atoms with van der Waals surface area (Å²) < 4.78 is 5.78. The largest absolute Gasteiger partial charge is 0.451 e. The Kier molecular flexibility index (Phi) is 5.29. The second-order valence-electron chi connectivity index (χ2n) is 6.92. The van der Waals surface area contributed by atoms with Gasteiger partial charge in [-0.2, -0.15) is 0 Å². The van der Waals surface area contributed by atoms with Gasteiger partial charge in [-0.15, -0.1) is 0 Å². The van der Waals surface area contributed by atoms with Crippen molar-refractivity contribution in [3.05, 3.63) is 78.1 Å². The van der Waals surface area contributed by atoms with E-state index in [9.17, 15) is 9.59 Å². The van der Waals surface area contributed by atoms with Gasteiger partial charge in [0.05, 0.1) is 11.3 Å². The number of hydrogen-bond donors (Lipinski definition) is 2. The molecule has 0 aliphatic rings. The van der Waals surface area contributed by atoms with E-state index in [1.807, 2.05) is 36.4 Å². The summed E-state index contributed by atoms with van der Waals surface area (Å²) in [5, 5.41) is 8.70. The zero-order chi connectivity index (χ0) is 20.2. The van der Waals surface area contributed by atoms with Gasteiger partial charge >= 0.3 is 0 Å². The molecule has 0 aliphatic heterocycles. The van der Waals surface area contributed by atoms with E-state index in [0.717, 1.165) is 29.0 Å². The Hall–Kier alpha value is -3.60. The molecule has 2 N–H and O–H groups in total. The van der Waals surface area contributed by atoms with Crippen LogP contribution in [-0.4, -0.2) is 18.4 Å². The van der Waals surface area contributed by atoms with Crippen molar-refractivity contribution in [3.8, 4) is 0 Å². The summed E-state index contributed by atoms with van der Waals surface area (Å²) >= 11 is 0. The Balaban J connectivity index is 1.60. The Labute approximate surface area is 168 Å². The predicted octanol–water partition coefficient (Wildman–Crippen LogP) is 5.37. The lowest BCUT2D eigenvalue weighted by Crippen LogP contribution is -2.26. The fourth-order valence-electron chi connectivity index (χ4n) is 3.35. The van der Waals surface area contributed by atoms with Crippen LogP contribution in [0, 0.1) is 0 Å². The smallest absolute Gasteiger partial charge is 0.291 e. The number of para-hydroxylation sites is 1. The molecule has 0 atom stereocenters. The number of hydrogen-bond acceptors (Lipinski definition) is 3. The fraction of sp³-hybridized carbons (Fsp3) is 0.167. The van der Waals surface area contributed by atoms with Gasteiger partial charge < -0.3 is 15.1 Å². The summed E-state index contributed by atoms with van der Waals surface area (Å²) in [6.45, 7) is 2.67. The fourth-order valence-corrected chi connectivity index (χ4v) is 3.35. The minimum Gasteiger partial charge on any atom is -0.451 e. The van der Waals surface area contributed by atoms with Crippen LogP contribution < -0.4 is 10.6 Å². The SMILES string of the molecule is CCCCNC(=O)c1ccccc1NC(=O)c1cc2c(ccc3ccccc32)o1. The summed E-state index contributed by atoms with van der Waals surface area (Å²) in [6.07, 6.45) is 1.91. The third-order valence-corrected chi connectivity index (χ3v) is 4.89. The molecule has 5 nitrogen and oxygen atoms in total. The molecule has 0 saturated heterocycles. The Morgan fingerprint density at radius 3 is 2.55 bits per heavy atom. The molecule has 1 heterocycles. The molecule has 0 fully saturated rings. The molecule has 2 amide bonds. The first-order valence-corrected chi connectivity index (χ1v) is 9.77. The second kappa shape index (κ2) is 8.19. The Morgan fingerprint density at radius 2 is 1.69 bits per heavy atom. The monoisotopic (exact) mass is 386 g/mol. The van der Waals surface area contributed by atoms with Gasteiger partial charge in [-0.25, -0.2) is 0 Å². The van der Waals surface area contributed by atoms with Crippen LogP contribution in [0.5, 0.6) is 0 Å². The van der Waals surface area contributed by atoms with Gasteiger partial charge in [0.15, 0.2) is 5.76 Å². The molecule has 0 bridgehead atoms. The number of fused-ring (bicyclic) bond motifs is 3. The van der Waals surface area contributed by atoms with Crippen molar-refractivity contribution in [1.82, 2.24) is 5.32 Å². The highest BCUT2D eigenvalue weighted by molar-refractivity contribution is 6.12. The van der Waals surface area contributed by atoms with Crippen LogP contribution in [0.2, 0.25) is 0 Å². The van der Waals surface area contributed by atoms with Crippen molar-refractivity contribution in [1.29, 1.82) is 0 Å². The lowest BCUT2D eigenvalue weighted by atomic mass is 10.1. The van der Waals surface area contributed by atoms with E-state index in [4.69, 9.17) is 4.42 Å². The average molecular weight is 386 g/mol. The standard InChI is InChI=1S/C24H22N2O3/c1-2-3-14-25-23(27)18-10-6-7-11-20(18)26-24(28)22-15-19-17-9-5-4-8-16(17)12-13-21(19)29-22/h4-13,15H,2-3,14H2,1H3,(H,25,27)(H,26,28). The summed E-state index contributed by atoms with van der Waals surface area (Å²) in [5.41, 5.74) is 1.54. The molecular weight excluding hydrogens is 364 g/mol. The number of rotatable bonds is 6. The maximum atomic E-state index is 12.8. The van der Waals surface area contributed by atoms with Crippen molar-refractivity contribution >= 4 is 39.2 Å². The summed E-state index contributed by atoms with van der Waals surface area (Å²) in [4.78, 5) is 25.3. The zero-order valence-electron chi connectivity index (χ0n) is 16.2. The summed E-state index contributed by atoms with van der Waals surface area (Å²) in [7, 11) is 0. The predicted molar refractivity (Wildman–Crippen MR) is 115 cm³/mol. The lowest BCUT2D eigenvalue weighted by molar-refractivity contribution is 0.0954. The van der Waals surface area contributed by atoms with Crippen LogP contribution in [0.1, 0.15) is 40.7 Å². The number of furan rings is 1. The first-order valence-electron chi connectivity index (χ1n) is 9.77. The third-order valence-electron chi connectivity index (χ3n) is 4.89. The molecule has 0 aliphatic carbocycles. The van der Waals surface area contributed by atoms with Crippen molar-refractivity contribution in [3.63, 3.8) is 0 Å². The molecule has 0 unspecified atom stereocenters. The normalized spacial score (nSPS) is 10.9. The highest BCUT2D eigenvalue weighted by Gasteiger charge is 2.17. The Morgan fingerprint density at radius 1 is 0.897 bits per heavy atom. The van der Waals surface area contributed by atoms with Crippen LogP contribution in [0.4, 0.5) is 5.69 Å². The molecule has 0 radical (unpaired) electrons. The highest BCUT2D eigenvalue weighted by atomic mass is 16.3. The van der Waals surface area contributed by atoms with Crippen LogP contribution >= 0.6 is 0 Å². The molecule has 5 heteroatoms. The van der Waals surface area contributed by atoms with E-state index in [-0.39, 0.29) is 17.6 Å². The van der Waals surface area contributed by atoms with E-state index < -0.39 is 0 Å². The molecule has 0 spiro atoms. The summed E-state index contributed by atoms with van der Waals surface area (Å²) in [6, 6.07) is 20.5.